The molecule has 7 heteroatoms. The van der Waals surface area contributed by atoms with E-state index in [2.05, 4.69) is 10.3 Å². The third kappa shape index (κ3) is 3.39. The maximum atomic E-state index is 13.2. The highest BCUT2D eigenvalue weighted by atomic mass is 19.1. The number of methoxy groups -OCH3 is 1. The number of benzene rings is 2. The monoisotopic (exact) mass is 378 g/mol. The first-order chi connectivity index (χ1) is 13.7. The molecule has 0 amide bonds. The van der Waals surface area contributed by atoms with Crippen LogP contribution in [0, 0.1) is 5.82 Å². The number of hydrogen-bond donors (Lipinski definition) is 2. The van der Waals surface area contributed by atoms with E-state index in [4.69, 9.17) is 9.72 Å². The van der Waals surface area contributed by atoms with Crippen molar-refractivity contribution in [3.05, 3.63) is 78.0 Å². The summed E-state index contributed by atoms with van der Waals surface area (Å²) in [5, 5.41) is 13.0. The van der Waals surface area contributed by atoms with Crippen molar-refractivity contribution in [1.82, 2.24) is 14.4 Å². The zero-order valence-electron chi connectivity index (χ0n) is 15.3. The van der Waals surface area contributed by atoms with Crippen LogP contribution in [-0.4, -0.2) is 26.6 Å². The second kappa shape index (κ2) is 7.66. The topological polar surface area (TPSA) is 71.7 Å². The summed E-state index contributed by atoms with van der Waals surface area (Å²) < 4.78 is 20.4. The molecule has 6 nitrogen and oxygen atoms in total. The molecule has 2 N–H and O–H groups in total. The lowest BCUT2D eigenvalue weighted by Gasteiger charge is -2.11. The molecule has 2 aromatic carbocycles. The highest BCUT2D eigenvalue weighted by Crippen LogP contribution is 2.32. The van der Waals surface area contributed by atoms with Crippen molar-refractivity contribution in [3.63, 3.8) is 0 Å². The van der Waals surface area contributed by atoms with Gasteiger partial charge in [0.2, 0.25) is 0 Å². The number of nitrogens with one attached hydrogen (secondary N) is 1. The number of aromatic nitrogens is 3. The molecule has 0 fully saturated rings. The summed E-state index contributed by atoms with van der Waals surface area (Å²) in [5.41, 5.74) is 3.89. The van der Waals surface area contributed by atoms with Gasteiger partial charge in [-0.2, -0.15) is 0 Å². The molecule has 2 aromatic heterocycles. The average Bonchev–Trinajstić information content (AvgIpc) is 3.11. The molecule has 0 bridgehead atoms. The van der Waals surface area contributed by atoms with Gasteiger partial charge in [0.25, 0.3) is 0 Å². The zero-order valence-corrected chi connectivity index (χ0v) is 15.3. The van der Waals surface area contributed by atoms with Gasteiger partial charge in [0.15, 0.2) is 5.65 Å². The van der Waals surface area contributed by atoms with Crippen molar-refractivity contribution < 1.29 is 14.2 Å². The van der Waals surface area contributed by atoms with E-state index in [1.807, 2.05) is 28.8 Å². The van der Waals surface area contributed by atoms with Gasteiger partial charge in [0.1, 0.15) is 23.1 Å². The molecule has 0 radical (unpaired) electrons. The first-order valence-electron chi connectivity index (χ1n) is 8.78. The number of aliphatic hydroxyl groups excluding tert-OH is 1. The van der Waals surface area contributed by atoms with Crippen LogP contribution in [0.25, 0.3) is 16.9 Å². The number of anilines is 1. The van der Waals surface area contributed by atoms with E-state index >= 15 is 0 Å². The van der Waals surface area contributed by atoms with Crippen molar-refractivity contribution in [1.29, 1.82) is 0 Å². The van der Waals surface area contributed by atoms with Gasteiger partial charge in [-0.15, -0.1) is 0 Å². The summed E-state index contributed by atoms with van der Waals surface area (Å²) in [6.45, 7) is 0.372. The Hall–Kier alpha value is -3.45. The lowest BCUT2D eigenvalue weighted by Crippen LogP contribution is -2.03. The van der Waals surface area contributed by atoms with Crippen LogP contribution in [-0.2, 0) is 13.2 Å². The number of fused-ring (bicyclic) bond motifs is 1. The van der Waals surface area contributed by atoms with Crippen LogP contribution in [0.3, 0.4) is 0 Å². The van der Waals surface area contributed by atoms with Crippen LogP contribution in [0.1, 0.15) is 11.1 Å². The maximum absolute atomic E-state index is 13.2. The predicted octanol–water partition coefficient (Wildman–Crippen LogP) is 3.65. The summed E-state index contributed by atoms with van der Waals surface area (Å²) in [6, 6.07) is 11.9. The Labute approximate surface area is 161 Å². The molecule has 0 aliphatic rings. The number of imidazole rings is 1. The lowest BCUT2D eigenvalue weighted by molar-refractivity contribution is 0.274. The van der Waals surface area contributed by atoms with Crippen LogP contribution < -0.4 is 10.1 Å². The van der Waals surface area contributed by atoms with Gasteiger partial charge in [0, 0.05) is 30.1 Å². The van der Waals surface area contributed by atoms with E-state index < -0.39 is 0 Å². The molecule has 0 aliphatic carbocycles. The van der Waals surface area contributed by atoms with Crippen molar-refractivity contribution in [2.24, 2.45) is 0 Å². The zero-order chi connectivity index (χ0) is 19.5. The van der Waals surface area contributed by atoms with Crippen molar-refractivity contribution in [3.8, 4) is 17.0 Å². The van der Waals surface area contributed by atoms with Gasteiger partial charge in [-0.05, 0) is 35.9 Å². The number of aliphatic hydroxyl groups is 1. The molecule has 0 saturated heterocycles. The summed E-state index contributed by atoms with van der Waals surface area (Å²) in [7, 11) is 1.57. The molecular formula is C21H19FN4O2. The fraction of sp³-hybridized carbons (Fsp3) is 0.143. The predicted molar refractivity (Wildman–Crippen MR) is 105 cm³/mol. The van der Waals surface area contributed by atoms with Gasteiger partial charge < -0.3 is 15.2 Å². The molecule has 0 atom stereocenters. The van der Waals surface area contributed by atoms with Gasteiger partial charge >= 0.3 is 0 Å². The molecule has 0 aliphatic heterocycles. The Balaban J connectivity index is 1.76. The summed E-state index contributed by atoms with van der Waals surface area (Å²) in [4.78, 5) is 8.83. The van der Waals surface area contributed by atoms with E-state index in [1.54, 1.807) is 31.6 Å². The molecule has 0 saturated carbocycles. The van der Waals surface area contributed by atoms with Gasteiger partial charge in [-0.1, -0.05) is 12.1 Å². The van der Waals surface area contributed by atoms with E-state index in [0.29, 0.717) is 23.5 Å². The lowest BCUT2D eigenvalue weighted by atomic mass is 10.1. The van der Waals surface area contributed by atoms with E-state index in [0.717, 1.165) is 22.6 Å². The van der Waals surface area contributed by atoms with E-state index in [-0.39, 0.29) is 12.4 Å². The van der Waals surface area contributed by atoms with Crippen LogP contribution in [0.2, 0.25) is 0 Å². The Morgan fingerprint density at radius 2 is 2.00 bits per heavy atom. The second-order valence-corrected chi connectivity index (χ2v) is 6.28. The summed E-state index contributed by atoms with van der Waals surface area (Å²) >= 11 is 0. The van der Waals surface area contributed by atoms with Crippen molar-refractivity contribution >= 4 is 11.5 Å². The minimum Gasteiger partial charge on any atom is -0.496 e. The molecule has 0 unspecified atom stereocenters. The van der Waals surface area contributed by atoms with E-state index in [9.17, 15) is 9.50 Å². The molecule has 142 valence electrons. The second-order valence-electron chi connectivity index (χ2n) is 6.28. The minimum absolute atomic E-state index is 0.135. The van der Waals surface area contributed by atoms with Crippen molar-refractivity contribution in [2.75, 3.05) is 12.4 Å². The van der Waals surface area contributed by atoms with Crippen LogP contribution >= 0.6 is 0 Å². The largest absolute Gasteiger partial charge is 0.496 e. The van der Waals surface area contributed by atoms with Crippen molar-refractivity contribution in [2.45, 2.75) is 13.2 Å². The minimum atomic E-state index is -0.264. The number of ether oxygens (including phenoxy) is 1. The average molecular weight is 378 g/mol. The normalized spacial score (nSPS) is 11.0. The Bertz CT molecular complexity index is 1110. The molecule has 4 rings (SSSR count). The number of rotatable bonds is 6. The van der Waals surface area contributed by atoms with Gasteiger partial charge in [0.05, 0.1) is 19.9 Å². The highest BCUT2D eigenvalue weighted by Gasteiger charge is 2.16. The quantitative estimate of drug-likeness (QED) is 0.536. The SMILES string of the molecule is COc1ccc(-c2nc3cnccn3c2NCc2ccc(F)cc2)cc1CO. The summed E-state index contributed by atoms with van der Waals surface area (Å²) in [6.07, 6.45) is 5.20. The highest BCUT2D eigenvalue weighted by molar-refractivity contribution is 5.77. The Kier molecular flexibility index (Phi) is 4.90. The van der Waals surface area contributed by atoms with Gasteiger partial charge in [-0.25, -0.2) is 9.37 Å². The fourth-order valence-corrected chi connectivity index (χ4v) is 3.11. The molecule has 0 spiro atoms. The molecular weight excluding hydrogens is 359 g/mol. The fourth-order valence-electron chi connectivity index (χ4n) is 3.11. The molecule has 28 heavy (non-hydrogen) atoms. The first kappa shape index (κ1) is 17.9. The first-order valence-corrected chi connectivity index (χ1v) is 8.78. The standard InChI is InChI=1S/C21H19FN4O2/c1-28-18-7-4-15(10-16(18)13-27)20-21(26-9-8-23-12-19(26)25-20)24-11-14-2-5-17(22)6-3-14/h2-10,12,24,27H,11,13H2,1H3. The number of halogens is 1. The Morgan fingerprint density at radius 3 is 2.75 bits per heavy atom. The van der Waals surface area contributed by atoms with Gasteiger partial charge in [-0.3, -0.25) is 9.38 Å². The third-order valence-corrected chi connectivity index (χ3v) is 4.53. The third-order valence-electron chi connectivity index (χ3n) is 4.53. The summed E-state index contributed by atoms with van der Waals surface area (Å²) in [5.74, 6) is 1.15. The number of nitrogens with zero attached hydrogens (tertiary/aromatic N) is 3. The van der Waals surface area contributed by atoms with Crippen LogP contribution in [0.4, 0.5) is 10.2 Å². The molecule has 2 heterocycles. The van der Waals surface area contributed by atoms with Crippen LogP contribution in [0.15, 0.2) is 61.1 Å². The smallest absolute Gasteiger partial charge is 0.157 e. The number of hydrogen-bond acceptors (Lipinski definition) is 5. The van der Waals surface area contributed by atoms with E-state index in [1.165, 1.54) is 12.1 Å². The van der Waals surface area contributed by atoms with Crippen LogP contribution in [0.5, 0.6) is 5.75 Å². The molecule has 4 aromatic rings. The maximum Gasteiger partial charge on any atom is 0.157 e. The Morgan fingerprint density at radius 1 is 1.18 bits per heavy atom.